The molecule has 1 heterocycles. The molecule has 1 aliphatic carbocycles. The standard InChI is InChI=1S/C13H22N2O2/c1-16-7-6-13(4-5-13)10-15-9-12-3-2-11(8-14)17-12/h2-3,15H,4-10,14H2,1H3. The van der Waals surface area contributed by atoms with Crippen molar-refractivity contribution in [1.82, 2.24) is 5.32 Å². The second kappa shape index (κ2) is 5.67. The molecular formula is C13H22N2O2. The predicted molar refractivity (Wildman–Crippen MR) is 66.5 cm³/mol. The predicted octanol–water partition coefficient (Wildman–Crippen LogP) is 1.64. The van der Waals surface area contributed by atoms with Gasteiger partial charge in [-0.3, -0.25) is 0 Å². The van der Waals surface area contributed by atoms with Gasteiger partial charge in [-0.25, -0.2) is 0 Å². The van der Waals surface area contributed by atoms with Crippen molar-refractivity contribution >= 4 is 0 Å². The van der Waals surface area contributed by atoms with Gasteiger partial charge in [-0.1, -0.05) is 0 Å². The van der Waals surface area contributed by atoms with Gasteiger partial charge in [-0.05, 0) is 36.8 Å². The third-order valence-electron chi connectivity index (χ3n) is 3.51. The summed E-state index contributed by atoms with van der Waals surface area (Å²) in [5.41, 5.74) is 5.98. The molecule has 0 amide bonds. The van der Waals surface area contributed by atoms with E-state index >= 15 is 0 Å². The van der Waals surface area contributed by atoms with Gasteiger partial charge in [0.2, 0.25) is 0 Å². The highest BCUT2D eigenvalue weighted by molar-refractivity contribution is 5.07. The lowest BCUT2D eigenvalue weighted by Crippen LogP contribution is -2.24. The summed E-state index contributed by atoms with van der Waals surface area (Å²) in [6.45, 7) is 3.17. The topological polar surface area (TPSA) is 60.4 Å². The number of nitrogens with two attached hydrogens (primary N) is 1. The summed E-state index contributed by atoms with van der Waals surface area (Å²) < 4.78 is 10.7. The maximum Gasteiger partial charge on any atom is 0.118 e. The quantitative estimate of drug-likeness (QED) is 0.723. The summed E-state index contributed by atoms with van der Waals surface area (Å²) >= 11 is 0. The summed E-state index contributed by atoms with van der Waals surface area (Å²) in [7, 11) is 1.76. The fourth-order valence-electron chi connectivity index (χ4n) is 2.09. The third-order valence-corrected chi connectivity index (χ3v) is 3.51. The molecule has 0 aliphatic heterocycles. The molecular weight excluding hydrogens is 216 g/mol. The van der Waals surface area contributed by atoms with Crippen molar-refractivity contribution in [3.8, 4) is 0 Å². The maximum atomic E-state index is 5.54. The summed E-state index contributed by atoms with van der Waals surface area (Å²) in [6, 6.07) is 3.93. The SMILES string of the molecule is COCCC1(CNCc2ccc(CN)o2)CC1. The first kappa shape index (κ1) is 12.6. The lowest BCUT2D eigenvalue weighted by atomic mass is 10.0. The third kappa shape index (κ3) is 3.56. The highest BCUT2D eigenvalue weighted by Crippen LogP contribution is 2.48. The van der Waals surface area contributed by atoms with Crippen molar-refractivity contribution in [1.29, 1.82) is 0 Å². The molecule has 0 spiro atoms. The molecule has 0 unspecified atom stereocenters. The second-order valence-corrected chi connectivity index (χ2v) is 4.92. The van der Waals surface area contributed by atoms with E-state index in [4.69, 9.17) is 14.9 Å². The first-order chi connectivity index (χ1) is 8.28. The molecule has 4 nitrogen and oxygen atoms in total. The molecule has 0 atom stereocenters. The number of furan rings is 1. The van der Waals surface area contributed by atoms with Crippen LogP contribution in [-0.2, 0) is 17.8 Å². The minimum absolute atomic E-state index is 0.470. The molecule has 0 bridgehead atoms. The lowest BCUT2D eigenvalue weighted by molar-refractivity contribution is 0.171. The van der Waals surface area contributed by atoms with Crippen molar-refractivity contribution < 1.29 is 9.15 Å². The van der Waals surface area contributed by atoms with E-state index < -0.39 is 0 Å². The molecule has 4 heteroatoms. The van der Waals surface area contributed by atoms with Crippen LogP contribution in [0.5, 0.6) is 0 Å². The average Bonchev–Trinajstić information content (AvgIpc) is 2.96. The first-order valence-corrected chi connectivity index (χ1v) is 6.25. The summed E-state index contributed by atoms with van der Waals surface area (Å²) in [5.74, 6) is 1.82. The molecule has 96 valence electrons. The number of hydrogen-bond acceptors (Lipinski definition) is 4. The normalized spacial score (nSPS) is 17.3. The van der Waals surface area contributed by atoms with E-state index in [9.17, 15) is 0 Å². The van der Waals surface area contributed by atoms with Gasteiger partial charge < -0.3 is 20.2 Å². The number of methoxy groups -OCH3 is 1. The fraction of sp³-hybridized carbons (Fsp3) is 0.692. The first-order valence-electron chi connectivity index (χ1n) is 6.25. The van der Waals surface area contributed by atoms with Crippen LogP contribution >= 0.6 is 0 Å². The van der Waals surface area contributed by atoms with E-state index in [0.717, 1.165) is 37.6 Å². The van der Waals surface area contributed by atoms with E-state index in [1.54, 1.807) is 7.11 Å². The Labute approximate surface area is 103 Å². The van der Waals surface area contributed by atoms with Crippen LogP contribution in [0.2, 0.25) is 0 Å². The zero-order valence-electron chi connectivity index (χ0n) is 10.5. The van der Waals surface area contributed by atoms with Crippen LogP contribution in [0.3, 0.4) is 0 Å². The van der Waals surface area contributed by atoms with E-state index in [1.807, 2.05) is 12.1 Å². The largest absolute Gasteiger partial charge is 0.463 e. The van der Waals surface area contributed by atoms with Crippen LogP contribution in [-0.4, -0.2) is 20.3 Å². The zero-order chi connectivity index (χ0) is 12.1. The Morgan fingerprint density at radius 3 is 2.76 bits per heavy atom. The Kier molecular flexibility index (Phi) is 4.20. The molecule has 0 saturated heterocycles. The van der Waals surface area contributed by atoms with Crippen molar-refractivity contribution in [2.45, 2.75) is 32.4 Å². The minimum Gasteiger partial charge on any atom is -0.463 e. The zero-order valence-corrected chi connectivity index (χ0v) is 10.5. The van der Waals surface area contributed by atoms with Crippen molar-refractivity contribution in [3.63, 3.8) is 0 Å². The van der Waals surface area contributed by atoms with E-state index in [0.29, 0.717) is 12.0 Å². The Hall–Kier alpha value is -0.840. The summed E-state index contributed by atoms with van der Waals surface area (Å²) in [5, 5.41) is 3.46. The highest BCUT2D eigenvalue weighted by atomic mass is 16.5. The molecule has 0 aromatic carbocycles. The maximum absolute atomic E-state index is 5.54. The number of hydrogen-bond donors (Lipinski definition) is 2. The Bertz CT molecular complexity index is 345. The Morgan fingerprint density at radius 2 is 2.18 bits per heavy atom. The van der Waals surface area contributed by atoms with Crippen molar-refractivity contribution in [2.24, 2.45) is 11.1 Å². The molecule has 3 N–H and O–H groups in total. The van der Waals surface area contributed by atoms with Gasteiger partial charge >= 0.3 is 0 Å². The minimum atomic E-state index is 0.470. The van der Waals surface area contributed by atoms with Gasteiger partial charge in [0.25, 0.3) is 0 Å². The van der Waals surface area contributed by atoms with Gasteiger partial charge in [-0.15, -0.1) is 0 Å². The van der Waals surface area contributed by atoms with Crippen LogP contribution in [0.15, 0.2) is 16.5 Å². The summed E-state index contributed by atoms with van der Waals surface area (Å²) in [4.78, 5) is 0. The lowest BCUT2D eigenvalue weighted by Gasteiger charge is -2.14. The fourth-order valence-corrected chi connectivity index (χ4v) is 2.09. The monoisotopic (exact) mass is 238 g/mol. The van der Waals surface area contributed by atoms with Gasteiger partial charge in [0.05, 0.1) is 13.1 Å². The highest BCUT2D eigenvalue weighted by Gasteiger charge is 2.41. The Balaban J connectivity index is 1.69. The molecule has 17 heavy (non-hydrogen) atoms. The van der Waals surface area contributed by atoms with Gasteiger partial charge in [0.15, 0.2) is 0 Å². The number of nitrogens with one attached hydrogen (secondary N) is 1. The number of ether oxygens (including phenoxy) is 1. The van der Waals surface area contributed by atoms with Crippen LogP contribution < -0.4 is 11.1 Å². The molecule has 1 aromatic rings. The van der Waals surface area contributed by atoms with Crippen molar-refractivity contribution in [3.05, 3.63) is 23.7 Å². The van der Waals surface area contributed by atoms with E-state index in [2.05, 4.69) is 5.32 Å². The molecule has 1 aromatic heterocycles. The second-order valence-electron chi connectivity index (χ2n) is 4.92. The van der Waals surface area contributed by atoms with Crippen LogP contribution in [0, 0.1) is 5.41 Å². The van der Waals surface area contributed by atoms with Gasteiger partial charge in [0, 0.05) is 20.3 Å². The van der Waals surface area contributed by atoms with Crippen LogP contribution in [0.25, 0.3) is 0 Å². The molecule has 1 fully saturated rings. The Morgan fingerprint density at radius 1 is 1.41 bits per heavy atom. The average molecular weight is 238 g/mol. The van der Waals surface area contributed by atoms with Gasteiger partial charge in [0.1, 0.15) is 11.5 Å². The molecule has 1 saturated carbocycles. The molecule has 2 rings (SSSR count). The smallest absolute Gasteiger partial charge is 0.118 e. The van der Waals surface area contributed by atoms with Crippen LogP contribution in [0.4, 0.5) is 0 Å². The molecule has 0 radical (unpaired) electrons. The molecule has 1 aliphatic rings. The summed E-state index contributed by atoms with van der Waals surface area (Å²) in [6.07, 6.45) is 3.79. The number of rotatable bonds is 8. The van der Waals surface area contributed by atoms with Gasteiger partial charge in [-0.2, -0.15) is 0 Å². The van der Waals surface area contributed by atoms with E-state index in [1.165, 1.54) is 12.8 Å². The van der Waals surface area contributed by atoms with Crippen LogP contribution in [0.1, 0.15) is 30.8 Å². The van der Waals surface area contributed by atoms with Crippen molar-refractivity contribution in [2.75, 3.05) is 20.3 Å². The van der Waals surface area contributed by atoms with E-state index in [-0.39, 0.29) is 0 Å².